The van der Waals surface area contributed by atoms with E-state index in [0.29, 0.717) is 37.4 Å². The van der Waals surface area contributed by atoms with Crippen molar-refractivity contribution < 1.29 is 18.0 Å². The third-order valence-electron chi connectivity index (χ3n) is 7.20. The smallest absolute Gasteiger partial charge is 0.368 e. The lowest BCUT2D eigenvalue weighted by Crippen LogP contribution is -2.49. The van der Waals surface area contributed by atoms with Crippen LogP contribution < -0.4 is 4.90 Å². The Labute approximate surface area is 214 Å². The van der Waals surface area contributed by atoms with Gasteiger partial charge in [-0.15, -0.1) is 0 Å². The number of imidazole rings is 1. The third-order valence-corrected chi connectivity index (χ3v) is 7.20. The lowest BCUT2D eigenvalue weighted by atomic mass is 9.90. The van der Waals surface area contributed by atoms with Crippen LogP contribution in [0.2, 0.25) is 0 Å². The van der Waals surface area contributed by atoms with E-state index in [1.807, 2.05) is 46.7 Å². The molecule has 2 aromatic heterocycles. The third kappa shape index (κ3) is 5.05. The summed E-state index contributed by atoms with van der Waals surface area (Å²) in [6.45, 7) is 6.55. The van der Waals surface area contributed by atoms with Gasteiger partial charge in [0, 0.05) is 56.6 Å². The predicted octanol–water partition coefficient (Wildman–Crippen LogP) is 5.84. The number of amides is 1. The van der Waals surface area contributed by atoms with Crippen LogP contribution in [0.5, 0.6) is 0 Å². The highest BCUT2D eigenvalue weighted by Gasteiger charge is 2.33. The van der Waals surface area contributed by atoms with Crippen molar-refractivity contribution in [1.82, 2.24) is 14.3 Å². The summed E-state index contributed by atoms with van der Waals surface area (Å²) < 4.78 is 42.5. The Morgan fingerprint density at radius 1 is 0.946 bits per heavy atom. The number of aromatic nitrogens is 2. The average molecular weight is 507 g/mol. The minimum absolute atomic E-state index is 0.0629. The first-order valence-corrected chi connectivity index (χ1v) is 12.4. The van der Waals surface area contributed by atoms with Crippen LogP contribution in [0, 0.1) is 13.8 Å². The molecule has 192 valence electrons. The molecule has 0 spiro atoms. The molecule has 8 heteroatoms. The maximum atomic E-state index is 13.5. The molecule has 1 saturated heterocycles. The summed E-state index contributed by atoms with van der Waals surface area (Å²) >= 11 is 0. The molecule has 5 nitrogen and oxygen atoms in total. The number of hydrogen-bond donors (Lipinski definition) is 0. The van der Waals surface area contributed by atoms with Crippen LogP contribution in [0.3, 0.4) is 0 Å². The molecule has 1 aliphatic heterocycles. The van der Waals surface area contributed by atoms with Crippen LogP contribution >= 0.6 is 0 Å². The summed E-state index contributed by atoms with van der Waals surface area (Å²) in [6.07, 6.45) is -0.882. The number of anilines is 1. The Kier molecular flexibility index (Phi) is 6.67. The van der Waals surface area contributed by atoms with E-state index in [4.69, 9.17) is 0 Å². The van der Waals surface area contributed by atoms with E-state index in [9.17, 15) is 18.0 Å². The van der Waals surface area contributed by atoms with Gasteiger partial charge in [0.05, 0.1) is 11.3 Å². The minimum Gasteiger partial charge on any atom is -0.368 e. The predicted molar refractivity (Wildman–Crippen MR) is 138 cm³/mol. The van der Waals surface area contributed by atoms with Crippen LogP contribution in [0.1, 0.15) is 40.3 Å². The first kappa shape index (κ1) is 24.9. The molecule has 3 heterocycles. The minimum atomic E-state index is -4.47. The summed E-state index contributed by atoms with van der Waals surface area (Å²) in [5.74, 6) is -0.643. The van der Waals surface area contributed by atoms with Crippen LogP contribution in [0.15, 0.2) is 73.1 Å². The van der Waals surface area contributed by atoms with Gasteiger partial charge in [-0.1, -0.05) is 42.5 Å². The summed E-state index contributed by atoms with van der Waals surface area (Å²) in [4.78, 5) is 22.1. The molecule has 4 aromatic rings. The average Bonchev–Trinajstić information content (AvgIpc) is 3.32. The molecule has 37 heavy (non-hydrogen) atoms. The molecule has 0 aliphatic carbocycles. The maximum Gasteiger partial charge on any atom is 0.416 e. The highest BCUT2D eigenvalue weighted by molar-refractivity contribution is 5.78. The number of alkyl halides is 3. The zero-order chi connectivity index (χ0) is 26.2. The van der Waals surface area contributed by atoms with Gasteiger partial charge in [-0.3, -0.25) is 4.79 Å². The van der Waals surface area contributed by atoms with Crippen LogP contribution in [-0.2, 0) is 11.0 Å². The number of para-hydroxylation sites is 1. The molecule has 0 radical (unpaired) electrons. The lowest BCUT2D eigenvalue weighted by Gasteiger charge is -2.37. The van der Waals surface area contributed by atoms with Crippen molar-refractivity contribution in [3.63, 3.8) is 0 Å². The molecule has 1 unspecified atom stereocenters. The van der Waals surface area contributed by atoms with E-state index in [0.717, 1.165) is 29.0 Å². The molecule has 1 atom stereocenters. The molecule has 1 amide bonds. The number of halogens is 3. The first-order chi connectivity index (χ1) is 17.7. The number of rotatable bonds is 5. The van der Waals surface area contributed by atoms with Crippen LogP contribution in [-0.4, -0.2) is 46.4 Å². The Balaban J connectivity index is 1.42. The molecular weight excluding hydrogens is 477 g/mol. The number of hydrogen-bond acceptors (Lipinski definition) is 3. The molecule has 5 rings (SSSR count). The molecular formula is C29H29F3N4O. The standard InChI is InChI=1S/C29H29F3N4O/c1-20-7-3-4-11-25(20)34-13-15-35(16-14-34)27(37)18-24(22-9-5-10-23(17-22)29(30,31)32)26-19-33-28-21(2)8-6-12-36(26)28/h3-12,17,19,24H,13-16,18H2,1-2H3. The number of carbonyl (C=O) groups excluding carboxylic acids is 1. The second-order valence-electron chi connectivity index (χ2n) is 9.60. The second-order valence-corrected chi connectivity index (χ2v) is 9.60. The van der Waals surface area contributed by atoms with Crippen molar-refractivity contribution in [2.24, 2.45) is 0 Å². The number of fused-ring (bicyclic) bond motifs is 1. The SMILES string of the molecule is Cc1ccccc1N1CCN(C(=O)CC(c2cccc(C(F)(F)F)c2)c2cnc3c(C)cccn23)CC1. The summed E-state index contributed by atoms with van der Waals surface area (Å²) in [5, 5.41) is 0. The van der Waals surface area contributed by atoms with Crippen molar-refractivity contribution in [2.75, 3.05) is 31.1 Å². The molecule has 1 fully saturated rings. The lowest BCUT2D eigenvalue weighted by molar-refractivity contribution is -0.137. The number of carbonyl (C=O) groups is 1. The fraction of sp³-hybridized carbons (Fsp3) is 0.310. The molecule has 0 saturated carbocycles. The van der Waals surface area contributed by atoms with Gasteiger partial charge in [0.2, 0.25) is 5.91 Å². The Hall–Kier alpha value is -3.81. The van der Waals surface area contributed by atoms with E-state index < -0.39 is 17.7 Å². The topological polar surface area (TPSA) is 40.8 Å². The summed E-state index contributed by atoms with van der Waals surface area (Å²) in [7, 11) is 0. The molecule has 2 aromatic carbocycles. The molecule has 0 N–H and O–H groups in total. The Morgan fingerprint density at radius 3 is 2.41 bits per heavy atom. The van der Waals surface area contributed by atoms with Crippen molar-refractivity contribution in [1.29, 1.82) is 0 Å². The van der Waals surface area contributed by atoms with Gasteiger partial charge in [-0.25, -0.2) is 4.98 Å². The van der Waals surface area contributed by atoms with Crippen molar-refractivity contribution in [3.05, 3.63) is 101 Å². The van der Waals surface area contributed by atoms with Crippen molar-refractivity contribution in [2.45, 2.75) is 32.4 Å². The van der Waals surface area contributed by atoms with Gasteiger partial charge in [0.25, 0.3) is 0 Å². The fourth-order valence-corrected chi connectivity index (χ4v) is 5.17. The van der Waals surface area contributed by atoms with Crippen molar-refractivity contribution in [3.8, 4) is 0 Å². The normalized spacial score (nSPS) is 15.3. The van der Waals surface area contributed by atoms with E-state index in [-0.39, 0.29) is 12.3 Å². The Bertz CT molecular complexity index is 1420. The van der Waals surface area contributed by atoms with E-state index >= 15 is 0 Å². The van der Waals surface area contributed by atoms with Gasteiger partial charge >= 0.3 is 6.18 Å². The number of benzene rings is 2. The van der Waals surface area contributed by atoms with Gasteiger partial charge < -0.3 is 14.2 Å². The van der Waals surface area contributed by atoms with E-state index in [1.54, 1.807) is 12.3 Å². The number of aryl methyl sites for hydroxylation is 2. The molecule has 1 aliphatic rings. The van der Waals surface area contributed by atoms with E-state index in [1.165, 1.54) is 11.6 Å². The Morgan fingerprint density at radius 2 is 1.68 bits per heavy atom. The summed E-state index contributed by atoms with van der Waals surface area (Å²) in [6, 6.07) is 17.3. The number of nitrogens with zero attached hydrogens (tertiary/aromatic N) is 4. The number of pyridine rings is 1. The van der Waals surface area contributed by atoms with Crippen LogP contribution in [0.4, 0.5) is 18.9 Å². The zero-order valence-electron chi connectivity index (χ0n) is 20.9. The quantitative estimate of drug-likeness (QED) is 0.342. The van der Waals surface area contributed by atoms with Crippen molar-refractivity contribution >= 4 is 17.2 Å². The van der Waals surface area contributed by atoms with Gasteiger partial charge in [0.15, 0.2) is 0 Å². The highest BCUT2D eigenvalue weighted by Crippen LogP contribution is 2.35. The second kappa shape index (κ2) is 9.92. The van der Waals surface area contributed by atoms with Gasteiger partial charge in [0.1, 0.15) is 5.65 Å². The van der Waals surface area contributed by atoms with E-state index in [2.05, 4.69) is 28.9 Å². The maximum absolute atomic E-state index is 13.5. The van der Waals surface area contributed by atoms with Crippen LogP contribution in [0.25, 0.3) is 5.65 Å². The first-order valence-electron chi connectivity index (χ1n) is 12.4. The van der Waals surface area contributed by atoms with Gasteiger partial charge in [-0.05, 0) is 48.7 Å². The summed E-state index contributed by atoms with van der Waals surface area (Å²) in [5.41, 5.74) is 4.46. The van der Waals surface area contributed by atoms with Gasteiger partial charge in [-0.2, -0.15) is 13.2 Å². The number of piperazine rings is 1. The highest BCUT2D eigenvalue weighted by atomic mass is 19.4. The zero-order valence-corrected chi connectivity index (χ0v) is 20.9. The fourth-order valence-electron chi connectivity index (χ4n) is 5.17. The molecule has 0 bridgehead atoms. The largest absolute Gasteiger partial charge is 0.416 e. The monoisotopic (exact) mass is 506 g/mol.